The number of aliphatic hydroxyl groups excluding tert-OH is 1. The Labute approximate surface area is 116 Å². The van der Waals surface area contributed by atoms with Crippen molar-refractivity contribution in [1.29, 1.82) is 0 Å². The minimum Gasteiger partial charge on any atom is -0.386 e. The van der Waals surface area contributed by atoms with Crippen LogP contribution in [-0.4, -0.2) is 11.1 Å². The lowest BCUT2D eigenvalue weighted by molar-refractivity contribution is 0.146. The molecule has 3 rings (SSSR count). The molecule has 1 aliphatic heterocycles. The second-order valence-electron chi connectivity index (χ2n) is 5.03. The van der Waals surface area contributed by atoms with Gasteiger partial charge in [-0.15, -0.1) is 0 Å². The Hall–Kier alpha value is -1.94. The van der Waals surface area contributed by atoms with Gasteiger partial charge in [0.05, 0.1) is 12.1 Å². The van der Waals surface area contributed by atoms with Gasteiger partial charge in [-0.25, -0.2) is 8.78 Å². The lowest BCUT2D eigenvalue weighted by Gasteiger charge is -2.20. The summed E-state index contributed by atoms with van der Waals surface area (Å²) in [4.78, 5) is 0. The highest BCUT2D eigenvalue weighted by Crippen LogP contribution is 2.32. The SMILES string of the molecule is OC(c1cccc(C(F)F)c1)C1Cc2ccccc2N1. The van der Waals surface area contributed by atoms with Crippen LogP contribution < -0.4 is 5.32 Å². The van der Waals surface area contributed by atoms with Gasteiger partial charge in [-0.2, -0.15) is 0 Å². The van der Waals surface area contributed by atoms with Crippen LogP contribution in [0.25, 0.3) is 0 Å². The van der Waals surface area contributed by atoms with Gasteiger partial charge in [-0.3, -0.25) is 0 Å². The Balaban J connectivity index is 1.81. The quantitative estimate of drug-likeness (QED) is 0.895. The molecule has 1 aliphatic rings. The van der Waals surface area contributed by atoms with E-state index in [9.17, 15) is 13.9 Å². The van der Waals surface area contributed by atoms with Crippen molar-refractivity contribution in [2.45, 2.75) is 25.0 Å². The molecule has 0 radical (unpaired) electrons. The number of rotatable bonds is 3. The van der Waals surface area contributed by atoms with E-state index in [1.54, 1.807) is 12.1 Å². The fourth-order valence-electron chi connectivity index (χ4n) is 2.63. The molecule has 0 amide bonds. The first-order valence-corrected chi connectivity index (χ1v) is 6.55. The second-order valence-corrected chi connectivity index (χ2v) is 5.03. The maximum atomic E-state index is 12.7. The molecule has 0 aliphatic carbocycles. The summed E-state index contributed by atoms with van der Waals surface area (Å²) >= 11 is 0. The van der Waals surface area contributed by atoms with E-state index in [0.717, 1.165) is 11.3 Å². The van der Waals surface area contributed by atoms with E-state index in [1.807, 2.05) is 24.3 Å². The number of aliphatic hydroxyl groups is 1. The first-order chi connectivity index (χ1) is 9.65. The normalized spacial score (nSPS) is 18.7. The first-order valence-electron chi connectivity index (χ1n) is 6.55. The van der Waals surface area contributed by atoms with E-state index in [4.69, 9.17) is 0 Å². The summed E-state index contributed by atoms with van der Waals surface area (Å²) in [5.74, 6) is 0. The monoisotopic (exact) mass is 275 g/mol. The van der Waals surface area contributed by atoms with E-state index < -0.39 is 12.5 Å². The van der Waals surface area contributed by atoms with E-state index in [0.29, 0.717) is 12.0 Å². The van der Waals surface area contributed by atoms with Crippen LogP contribution in [-0.2, 0) is 6.42 Å². The number of anilines is 1. The third kappa shape index (κ3) is 2.39. The summed E-state index contributed by atoms with van der Waals surface area (Å²) in [6, 6.07) is 13.6. The summed E-state index contributed by atoms with van der Waals surface area (Å²) in [6.07, 6.45) is -2.63. The van der Waals surface area contributed by atoms with Gasteiger partial charge in [0, 0.05) is 11.3 Å². The first kappa shape index (κ1) is 13.1. The van der Waals surface area contributed by atoms with Gasteiger partial charge in [0.2, 0.25) is 0 Å². The number of alkyl halides is 2. The Bertz CT molecular complexity index is 590. The zero-order valence-corrected chi connectivity index (χ0v) is 10.8. The molecule has 1 heterocycles. The highest BCUT2D eigenvalue weighted by atomic mass is 19.3. The van der Waals surface area contributed by atoms with Gasteiger partial charge >= 0.3 is 0 Å². The van der Waals surface area contributed by atoms with Crippen LogP contribution in [0.15, 0.2) is 48.5 Å². The van der Waals surface area contributed by atoms with Crippen molar-refractivity contribution >= 4 is 5.69 Å². The molecule has 4 heteroatoms. The molecule has 0 spiro atoms. The number of para-hydroxylation sites is 1. The van der Waals surface area contributed by atoms with Gasteiger partial charge in [0.25, 0.3) is 6.43 Å². The molecule has 0 saturated carbocycles. The molecule has 0 bridgehead atoms. The Morgan fingerprint density at radius 1 is 1.05 bits per heavy atom. The lowest BCUT2D eigenvalue weighted by Crippen LogP contribution is -2.24. The van der Waals surface area contributed by atoms with E-state index in [-0.39, 0.29) is 11.6 Å². The van der Waals surface area contributed by atoms with Gasteiger partial charge in [0.15, 0.2) is 0 Å². The Morgan fingerprint density at radius 3 is 2.55 bits per heavy atom. The number of halogens is 2. The molecule has 2 nitrogen and oxygen atoms in total. The van der Waals surface area contributed by atoms with E-state index >= 15 is 0 Å². The molecule has 2 N–H and O–H groups in total. The van der Waals surface area contributed by atoms with E-state index in [2.05, 4.69) is 5.32 Å². The van der Waals surface area contributed by atoms with Crippen molar-refractivity contribution in [2.24, 2.45) is 0 Å². The summed E-state index contributed by atoms with van der Waals surface area (Å²) in [6.45, 7) is 0. The van der Waals surface area contributed by atoms with Gasteiger partial charge in [-0.05, 0) is 29.7 Å². The van der Waals surface area contributed by atoms with E-state index in [1.165, 1.54) is 12.1 Å². The summed E-state index contributed by atoms with van der Waals surface area (Å²) < 4.78 is 25.4. The van der Waals surface area contributed by atoms with Crippen molar-refractivity contribution < 1.29 is 13.9 Å². The molecule has 0 aromatic heterocycles. The van der Waals surface area contributed by atoms with Gasteiger partial charge in [0.1, 0.15) is 0 Å². The Kier molecular flexibility index (Phi) is 3.40. The number of nitrogens with one attached hydrogen (secondary N) is 1. The largest absolute Gasteiger partial charge is 0.386 e. The molecule has 0 fully saturated rings. The van der Waals surface area contributed by atoms with Crippen LogP contribution in [0.4, 0.5) is 14.5 Å². The average molecular weight is 275 g/mol. The number of hydrogen-bond donors (Lipinski definition) is 2. The maximum absolute atomic E-state index is 12.7. The highest BCUT2D eigenvalue weighted by molar-refractivity contribution is 5.57. The summed E-state index contributed by atoms with van der Waals surface area (Å²) in [5.41, 5.74) is 2.60. The summed E-state index contributed by atoms with van der Waals surface area (Å²) in [5, 5.41) is 13.6. The number of hydrogen-bond acceptors (Lipinski definition) is 2. The predicted octanol–water partition coefficient (Wildman–Crippen LogP) is 3.69. The third-order valence-corrected chi connectivity index (χ3v) is 3.68. The minimum atomic E-state index is -2.52. The van der Waals surface area contributed by atoms with Crippen molar-refractivity contribution in [3.63, 3.8) is 0 Å². The molecule has 2 unspecified atom stereocenters. The smallest absolute Gasteiger partial charge is 0.263 e. The van der Waals surface area contributed by atoms with Crippen LogP contribution in [0, 0.1) is 0 Å². The fourth-order valence-corrected chi connectivity index (χ4v) is 2.63. The van der Waals surface area contributed by atoms with Gasteiger partial charge < -0.3 is 10.4 Å². The van der Waals surface area contributed by atoms with Crippen molar-refractivity contribution in [1.82, 2.24) is 0 Å². The number of benzene rings is 2. The van der Waals surface area contributed by atoms with Crippen LogP contribution in [0.1, 0.15) is 29.2 Å². The summed E-state index contributed by atoms with van der Waals surface area (Å²) in [7, 11) is 0. The molecule has 20 heavy (non-hydrogen) atoms. The molecule has 2 aromatic rings. The highest BCUT2D eigenvalue weighted by Gasteiger charge is 2.27. The van der Waals surface area contributed by atoms with Crippen molar-refractivity contribution in [3.8, 4) is 0 Å². The van der Waals surface area contributed by atoms with Crippen LogP contribution in [0.5, 0.6) is 0 Å². The fraction of sp³-hybridized carbons (Fsp3) is 0.250. The third-order valence-electron chi connectivity index (χ3n) is 3.68. The van der Waals surface area contributed by atoms with Crippen molar-refractivity contribution in [3.05, 3.63) is 65.2 Å². The van der Waals surface area contributed by atoms with Gasteiger partial charge in [-0.1, -0.05) is 36.4 Å². The molecule has 2 atom stereocenters. The van der Waals surface area contributed by atoms with Crippen molar-refractivity contribution in [2.75, 3.05) is 5.32 Å². The number of fused-ring (bicyclic) bond motifs is 1. The topological polar surface area (TPSA) is 32.3 Å². The van der Waals surface area contributed by atoms with Crippen LogP contribution >= 0.6 is 0 Å². The zero-order chi connectivity index (χ0) is 14.1. The molecule has 2 aromatic carbocycles. The standard InChI is InChI=1S/C16H15F2NO/c17-16(18)12-6-3-5-11(8-12)15(20)14-9-10-4-1-2-7-13(10)19-14/h1-8,14-16,19-20H,9H2. The Morgan fingerprint density at radius 2 is 1.80 bits per heavy atom. The molecular formula is C16H15F2NO. The maximum Gasteiger partial charge on any atom is 0.263 e. The zero-order valence-electron chi connectivity index (χ0n) is 10.8. The average Bonchev–Trinajstić information content (AvgIpc) is 2.90. The van der Waals surface area contributed by atoms with Crippen LogP contribution in [0.3, 0.4) is 0 Å². The molecular weight excluding hydrogens is 260 g/mol. The predicted molar refractivity (Wildman–Crippen MR) is 73.9 cm³/mol. The molecule has 104 valence electrons. The minimum absolute atomic E-state index is 0.0583. The second kappa shape index (κ2) is 5.21. The lowest BCUT2D eigenvalue weighted by atomic mass is 9.98. The van der Waals surface area contributed by atoms with Crippen LogP contribution in [0.2, 0.25) is 0 Å². The molecule has 0 saturated heterocycles.